The van der Waals surface area contributed by atoms with Crippen LogP contribution in [0.4, 0.5) is 0 Å². The molecule has 0 saturated carbocycles. The summed E-state index contributed by atoms with van der Waals surface area (Å²) in [4.78, 5) is 0.144. The van der Waals surface area contributed by atoms with Crippen LogP contribution in [0.25, 0.3) is 0 Å². The highest BCUT2D eigenvalue weighted by molar-refractivity contribution is 7.92. The summed E-state index contributed by atoms with van der Waals surface area (Å²) < 4.78 is 51.9. The molecule has 1 saturated heterocycles. The molecule has 1 aliphatic heterocycles. The molecule has 6 nitrogen and oxygen atoms in total. The van der Waals surface area contributed by atoms with E-state index in [4.69, 9.17) is 0 Å². The van der Waals surface area contributed by atoms with Gasteiger partial charge >= 0.3 is 0 Å². The van der Waals surface area contributed by atoms with Gasteiger partial charge in [-0.15, -0.1) is 8.83 Å². The zero-order chi connectivity index (χ0) is 15.8. The summed E-state index contributed by atoms with van der Waals surface area (Å²) in [5.74, 6) is 0. The maximum Gasteiger partial charge on any atom is 0.256 e. The third-order valence-electron chi connectivity index (χ3n) is 3.37. The Bertz CT molecular complexity index is 790. The molecule has 116 valence electrons. The van der Waals surface area contributed by atoms with Crippen LogP contribution in [0.2, 0.25) is 0 Å². The lowest BCUT2D eigenvalue weighted by atomic mass is 10.4. The molecule has 8 heteroatoms. The molecular formula is C14H14N2O4S2. The Morgan fingerprint density at radius 3 is 1.18 bits per heavy atom. The van der Waals surface area contributed by atoms with E-state index in [1.165, 1.54) is 24.3 Å². The predicted molar refractivity (Wildman–Crippen MR) is 80.7 cm³/mol. The highest BCUT2D eigenvalue weighted by atomic mass is 32.2. The van der Waals surface area contributed by atoms with Crippen molar-refractivity contribution < 1.29 is 16.8 Å². The van der Waals surface area contributed by atoms with Crippen LogP contribution >= 0.6 is 0 Å². The topological polar surface area (TPSA) is 74.8 Å². The molecule has 22 heavy (non-hydrogen) atoms. The van der Waals surface area contributed by atoms with Gasteiger partial charge in [-0.1, -0.05) is 36.4 Å². The number of rotatable bonds is 4. The van der Waals surface area contributed by atoms with Crippen molar-refractivity contribution >= 4 is 20.0 Å². The average molecular weight is 338 g/mol. The van der Waals surface area contributed by atoms with Crippen molar-refractivity contribution in [3.05, 3.63) is 60.7 Å². The third-order valence-corrected chi connectivity index (χ3v) is 7.08. The van der Waals surface area contributed by atoms with Crippen LogP contribution in [0.15, 0.2) is 70.5 Å². The van der Waals surface area contributed by atoms with E-state index in [-0.39, 0.29) is 22.9 Å². The molecule has 0 radical (unpaired) electrons. The molecule has 1 aliphatic rings. The van der Waals surface area contributed by atoms with E-state index in [0.717, 1.165) is 8.83 Å². The second-order valence-corrected chi connectivity index (χ2v) is 8.41. The first-order chi connectivity index (χ1) is 10.4. The molecular weight excluding hydrogens is 324 g/mol. The van der Waals surface area contributed by atoms with Crippen molar-refractivity contribution in [2.45, 2.75) is 9.79 Å². The van der Waals surface area contributed by atoms with Crippen molar-refractivity contribution in [1.82, 2.24) is 8.83 Å². The maximum atomic E-state index is 12.5. The summed E-state index contributed by atoms with van der Waals surface area (Å²) in [7, 11) is -7.72. The number of hydrogen-bond donors (Lipinski definition) is 0. The quantitative estimate of drug-likeness (QED) is 0.842. The smallest absolute Gasteiger partial charge is 0.206 e. The minimum Gasteiger partial charge on any atom is -0.206 e. The van der Waals surface area contributed by atoms with Crippen LogP contribution in [0.5, 0.6) is 0 Å². The first-order valence-corrected chi connectivity index (χ1v) is 9.47. The summed E-state index contributed by atoms with van der Waals surface area (Å²) in [5, 5.41) is 0. The SMILES string of the molecule is O=S(=O)(c1ccccc1)N1CCN1S(=O)(=O)c1ccccc1. The van der Waals surface area contributed by atoms with Gasteiger partial charge in [-0.25, -0.2) is 16.8 Å². The van der Waals surface area contributed by atoms with E-state index >= 15 is 0 Å². The van der Waals surface area contributed by atoms with Crippen LogP contribution in [0, 0.1) is 0 Å². The molecule has 0 bridgehead atoms. The first-order valence-electron chi connectivity index (χ1n) is 6.59. The average Bonchev–Trinajstić information content (AvgIpc) is 2.47. The van der Waals surface area contributed by atoms with Gasteiger partial charge in [0.05, 0.1) is 9.79 Å². The Morgan fingerprint density at radius 1 is 0.591 bits per heavy atom. The van der Waals surface area contributed by atoms with E-state index in [9.17, 15) is 16.8 Å². The molecule has 0 aromatic heterocycles. The summed E-state index contributed by atoms with van der Waals surface area (Å²) in [5.41, 5.74) is 0. The van der Waals surface area contributed by atoms with Gasteiger partial charge in [0.1, 0.15) is 0 Å². The fourth-order valence-electron chi connectivity index (χ4n) is 2.17. The zero-order valence-electron chi connectivity index (χ0n) is 11.5. The molecule has 2 aromatic rings. The van der Waals surface area contributed by atoms with Gasteiger partial charge in [0.25, 0.3) is 20.0 Å². The highest BCUT2D eigenvalue weighted by Gasteiger charge is 2.44. The minimum atomic E-state index is -3.86. The molecule has 0 spiro atoms. The number of sulfonamides is 2. The maximum absolute atomic E-state index is 12.5. The number of hydrogen-bond acceptors (Lipinski definition) is 4. The van der Waals surface area contributed by atoms with E-state index in [1.54, 1.807) is 36.4 Å². The molecule has 0 atom stereocenters. The molecule has 0 aliphatic carbocycles. The first kappa shape index (κ1) is 15.2. The second kappa shape index (κ2) is 5.47. The lowest BCUT2D eigenvalue weighted by Gasteiger charge is -2.41. The van der Waals surface area contributed by atoms with Gasteiger partial charge in [-0.2, -0.15) is 0 Å². The number of benzene rings is 2. The Hall–Kier alpha value is -1.74. The van der Waals surface area contributed by atoms with Crippen molar-refractivity contribution in [2.24, 2.45) is 0 Å². The van der Waals surface area contributed by atoms with Crippen LogP contribution in [-0.2, 0) is 20.0 Å². The van der Waals surface area contributed by atoms with E-state index in [0.29, 0.717) is 0 Å². The van der Waals surface area contributed by atoms with Crippen molar-refractivity contribution in [1.29, 1.82) is 0 Å². The Kier molecular flexibility index (Phi) is 3.77. The lowest BCUT2D eigenvalue weighted by molar-refractivity contribution is 0.0645. The van der Waals surface area contributed by atoms with Crippen LogP contribution in [0.3, 0.4) is 0 Å². The van der Waals surface area contributed by atoms with E-state index in [1.807, 2.05) is 0 Å². The normalized spacial score (nSPS) is 17.1. The molecule has 0 amide bonds. The summed E-state index contributed by atoms with van der Waals surface area (Å²) in [6, 6.07) is 15.6. The van der Waals surface area contributed by atoms with Gasteiger partial charge in [-0.3, -0.25) is 0 Å². The van der Waals surface area contributed by atoms with Crippen LogP contribution in [-0.4, -0.2) is 38.8 Å². The molecule has 1 heterocycles. The molecule has 2 aromatic carbocycles. The van der Waals surface area contributed by atoms with Gasteiger partial charge < -0.3 is 0 Å². The second-order valence-electron chi connectivity index (χ2n) is 4.73. The van der Waals surface area contributed by atoms with Gasteiger partial charge in [-0.05, 0) is 24.3 Å². The Morgan fingerprint density at radius 2 is 0.909 bits per heavy atom. The van der Waals surface area contributed by atoms with E-state index < -0.39 is 20.0 Å². The van der Waals surface area contributed by atoms with Gasteiger partial charge in [0, 0.05) is 13.1 Å². The van der Waals surface area contributed by atoms with Crippen molar-refractivity contribution in [3.8, 4) is 0 Å². The predicted octanol–water partition coefficient (Wildman–Crippen LogP) is 1.30. The van der Waals surface area contributed by atoms with Gasteiger partial charge in [0.15, 0.2) is 0 Å². The molecule has 0 N–H and O–H groups in total. The largest absolute Gasteiger partial charge is 0.256 e. The lowest BCUT2D eigenvalue weighted by Crippen LogP contribution is -2.61. The fourth-order valence-corrected chi connectivity index (χ4v) is 5.47. The van der Waals surface area contributed by atoms with Crippen molar-refractivity contribution in [2.75, 3.05) is 13.1 Å². The molecule has 1 fully saturated rings. The monoisotopic (exact) mass is 338 g/mol. The third kappa shape index (κ3) is 2.44. The molecule has 3 rings (SSSR count). The molecule has 0 unspecified atom stereocenters. The van der Waals surface area contributed by atoms with Crippen LogP contribution < -0.4 is 0 Å². The number of hydrazine groups is 1. The standard InChI is InChI=1S/C14H14N2O4S2/c17-21(18,13-7-3-1-4-8-13)15-11-12-16(15)22(19,20)14-9-5-2-6-10-14/h1-10H,11-12H2. The summed E-state index contributed by atoms with van der Waals surface area (Å²) in [6.45, 7) is 0.284. The Balaban J connectivity index is 1.96. The van der Waals surface area contributed by atoms with E-state index in [2.05, 4.69) is 0 Å². The van der Waals surface area contributed by atoms with Gasteiger partial charge in [0.2, 0.25) is 0 Å². The summed E-state index contributed by atoms with van der Waals surface area (Å²) >= 11 is 0. The number of nitrogens with zero attached hydrogens (tertiary/aromatic N) is 2. The highest BCUT2D eigenvalue weighted by Crippen LogP contribution is 2.28. The summed E-state index contributed by atoms with van der Waals surface area (Å²) in [6.07, 6.45) is 0. The van der Waals surface area contributed by atoms with Crippen molar-refractivity contribution in [3.63, 3.8) is 0 Å². The minimum absolute atomic E-state index is 0.0722. The zero-order valence-corrected chi connectivity index (χ0v) is 13.2. The Labute approximate surface area is 129 Å². The fraction of sp³-hybridized carbons (Fsp3) is 0.143. The van der Waals surface area contributed by atoms with Crippen LogP contribution in [0.1, 0.15) is 0 Å².